The minimum absolute atomic E-state index is 0.0111. The average molecular weight is 285 g/mol. The van der Waals surface area contributed by atoms with Crippen LogP contribution in [-0.2, 0) is 10.0 Å². The summed E-state index contributed by atoms with van der Waals surface area (Å²) in [7, 11) is -3.40. The minimum atomic E-state index is -4.34. The zero-order valence-electron chi connectivity index (χ0n) is 8.78. The van der Waals surface area contributed by atoms with Crippen molar-refractivity contribution in [3.63, 3.8) is 0 Å². The Balaban J connectivity index is 2.76. The molecule has 0 aromatic heterocycles. The van der Waals surface area contributed by atoms with Crippen molar-refractivity contribution in [3.8, 4) is 0 Å². The molecule has 0 atom stereocenters. The standard InChI is InChI=1S/C9H10F3NO2S2/c1-2-17(14,15)13-7-3-5-8(6-4-7)16-9(10,11)12/h3-6,13H,2H2,1H3. The van der Waals surface area contributed by atoms with E-state index in [4.69, 9.17) is 0 Å². The van der Waals surface area contributed by atoms with Crippen LogP contribution < -0.4 is 4.72 Å². The SMILES string of the molecule is CCS(=O)(=O)Nc1ccc(SC(F)(F)F)cc1. The van der Waals surface area contributed by atoms with E-state index in [1.807, 2.05) is 0 Å². The van der Waals surface area contributed by atoms with E-state index in [1.54, 1.807) is 0 Å². The van der Waals surface area contributed by atoms with Crippen LogP contribution in [0.1, 0.15) is 6.92 Å². The van der Waals surface area contributed by atoms with E-state index in [0.717, 1.165) is 0 Å². The molecule has 0 radical (unpaired) electrons. The fourth-order valence-corrected chi connectivity index (χ4v) is 2.16. The molecule has 0 saturated carbocycles. The van der Waals surface area contributed by atoms with Crippen LogP contribution in [-0.4, -0.2) is 19.7 Å². The van der Waals surface area contributed by atoms with Crippen LogP contribution in [0.15, 0.2) is 29.2 Å². The van der Waals surface area contributed by atoms with Gasteiger partial charge < -0.3 is 0 Å². The molecule has 0 saturated heterocycles. The first kappa shape index (κ1) is 14.2. The van der Waals surface area contributed by atoms with Crippen LogP contribution in [0.4, 0.5) is 18.9 Å². The predicted molar refractivity (Wildman–Crippen MR) is 61.4 cm³/mol. The van der Waals surface area contributed by atoms with Gasteiger partial charge in [-0.15, -0.1) is 0 Å². The second kappa shape index (κ2) is 5.18. The normalized spacial score (nSPS) is 12.5. The number of alkyl halides is 3. The molecule has 0 aliphatic carbocycles. The highest BCUT2D eigenvalue weighted by molar-refractivity contribution is 8.00. The van der Waals surface area contributed by atoms with Crippen molar-refractivity contribution in [1.29, 1.82) is 0 Å². The van der Waals surface area contributed by atoms with E-state index in [9.17, 15) is 21.6 Å². The summed E-state index contributed by atoms with van der Waals surface area (Å²) in [5.74, 6) is -0.0912. The van der Waals surface area contributed by atoms with Gasteiger partial charge in [0, 0.05) is 10.6 Å². The maximum Gasteiger partial charge on any atom is 0.446 e. The predicted octanol–water partition coefficient (Wildman–Crippen LogP) is 3.06. The van der Waals surface area contributed by atoms with E-state index in [-0.39, 0.29) is 28.1 Å². The van der Waals surface area contributed by atoms with Crippen molar-refractivity contribution in [1.82, 2.24) is 0 Å². The van der Waals surface area contributed by atoms with Crippen LogP contribution in [0, 0.1) is 0 Å². The monoisotopic (exact) mass is 285 g/mol. The largest absolute Gasteiger partial charge is 0.446 e. The van der Waals surface area contributed by atoms with Crippen LogP contribution in [0.3, 0.4) is 0 Å². The lowest BCUT2D eigenvalue weighted by Gasteiger charge is -2.08. The first-order valence-corrected chi connectivity index (χ1v) is 7.05. The Morgan fingerprint density at radius 2 is 1.76 bits per heavy atom. The number of sulfonamides is 1. The Hall–Kier alpha value is -0.890. The lowest BCUT2D eigenvalue weighted by atomic mass is 10.3. The summed E-state index contributed by atoms with van der Waals surface area (Å²) in [6, 6.07) is 5.01. The number of anilines is 1. The second-order valence-electron chi connectivity index (χ2n) is 3.08. The molecule has 1 rings (SSSR count). The fourth-order valence-electron chi connectivity index (χ4n) is 0.976. The van der Waals surface area contributed by atoms with Crippen LogP contribution >= 0.6 is 11.8 Å². The Labute approximate surface area is 101 Å². The summed E-state index contributed by atoms with van der Waals surface area (Å²) in [5, 5.41) is 0. The molecule has 0 bridgehead atoms. The summed E-state index contributed by atoms with van der Waals surface area (Å²) in [5.41, 5.74) is -4.09. The van der Waals surface area contributed by atoms with Gasteiger partial charge in [-0.05, 0) is 43.0 Å². The van der Waals surface area contributed by atoms with Gasteiger partial charge in [0.25, 0.3) is 0 Å². The van der Waals surface area contributed by atoms with E-state index in [0.29, 0.717) is 0 Å². The molecule has 96 valence electrons. The molecular weight excluding hydrogens is 275 g/mol. The zero-order valence-corrected chi connectivity index (χ0v) is 10.4. The van der Waals surface area contributed by atoms with Gasteiger partial charge in [0.1, 0.15) is 0 Å². The third-order valence-electron chi connectivity index (χ3n) is 1.74. The smallest absolute Gasteiger partial charge is 0.284 e. The zero-order chi connectivity index (χ0) is 13.1. The van der Waals surface area contributed by atoms with E-state index in [2.05, 4.69) is 4.72 Å². The van der Waals surface area contributed by atoms with E-state index < -0.39 is 15.5 Å². The van der Waals surface area contributed by atoms with Gasteiger partial charge in [-0.1, -0.05) is 0 Å². The van der Waals surface area contributed by atoms with E-state index in [1.165, 1.54) is 31.2 Å². The van der Waals surface area contributed by atoms with Crippen molar-refractivity contribution in [2.75, 3.05) is 10.5 Å². The van der Waals surface area contributed by atoms with Crippen molar-refractivity contribution in [2.24, 2.45) is 0 Å². The number of halogens is 3. The molecule has 1 aromatic carbocycles. The molecule has 8 heteroatoms. The van der Waals surface area contributed by atoms with Crippen LogP contribution in [0.2, 0.25) is 0 Å². The lowest BCUT2D eigenvalue weighted by molar-refractivity contribution is -0.0328. The minimum Gasteiger partial charge on any atom is -0.284 e. The van der Waals surface area contributed by atoms with Gasteiger partial charge in [0.15, 0.2) is 0 Å². The quantitative estimate of drug-likeness (QED) is 0.865. The summed E-state index contributed by atoms with van der Waals surface area (Å²) in [6.45, 7) is 1.47. The second-order valence-corrected chi connectivity index (χ2v) is 6.23. The maximum atomic E-state index is 12.0. The van der Waals surface area contributed by atoms with Crippen LogP contribution in [0.25, 0.3) is 0 Å². The summed E-state index contributed by atoms with van der Waals surface area (Å²) < 4.78 is 60.7. The molecule has 3 nitrogen and oxygen atoms in total. The Morgan fingerprint density at radius 3 is 2.18 bits per heavy atom. The maximum absolute atomic E-state index is 12.0. The number of rotatable bonds is 4. The molecule has 1 N–H and O–H groups in total. The molecule has 0 unspecified atom stereocenters. The first-order chi connectivity index (χ1) is 7.72. The van der Waals surface area contributed by atoms with Gasteiger partial charge in [-0.3, -0.25) is 4.72 Å². The van der Waals surface area contributed by atoms with Crippen molar-refractivity contribution >= 4 is 27.5 Å². The van der Waals surface area contributed by atoms with E-state index >= 15 is 0 Å². The third-order valence-corrected chi connectivity index (χ3v) is 3.79. The molecule has 17 heavy (non-hydrogen) atoms. The van der Waals surface area contributed by atoms with Gasteiger partial charge in [0.2, 0.25) is 10.0 Å². The molecule has 1 aromatic rings. The molecule has 0 aliphatic heterocycles. The topological polar surface area (TPSA) is 46.2 Å². The number of thioether (sulfide) groups is 1. The molecule has 0 heterocycles. The molecule has 0 amide bonds. The number of nitrogens with one attached hydrogen (secondary N) is 1. The Morgan fingerprint density at radius 1 is 1.24 bits per heavy atom. The lowest BCUT2D eigenvalue weighted by Crippen LogP contribution is -2.14. The highest BCUT2D eigenvalue weighted by Gasteiger charge is 2.29. The van der Waals surface area contributed by atoms with Gasteiger partial charge in [-0.25, -0.2) is 8.42 Å². The third kappa shape index (κ3) is 5.31. The fraction of sp³-hybridized carbons (Fsp3) is 0.333. The number of hydrogen-bond acceptors (Lipinski definition) is 3. The molecule has 0 aliphatic rings. The highest BCUT2D eigenvalue weighted by Crippen LogP contribution is 2.37. The Bertz CT molecular complexity index is 468. The van der Waals surface area contributed by atoms with Crippen LogP contribution in [0.5, 0.6) is 0 Å². The van der Waals surface area contributed by atoms with Crippen molar-refractivity contribution in [2.45, 2.75) is 17.3 Å². The van der Waals surface area contributed by atoms with Gasteiger partial charge in [-0.2, -0.15) is 13.2 Å². The van der Waals surface area contributed by atoms with Gasteiger partial charge >= 0.3 is 5.51 Å². The highest BCUT2D eigenvalue weighted by atomic mass is 32.2. The number of benzene rings is 1. The first-order valence-electron chi connectivity index (χ1n) is 4.58. The summed E-state index contributed by atoms with van der Waals surface area (Å²) in [6.07, 6.45) is 0. The number of hydrogen-bond donors (Lipinski definition) is 1. The summed E-state index contributed by atoms with van der Waals surface area (Å²) >= 11 is -0.244. The molecule has 0 spiro atoms. The molecule has 0 fully saturated rings. The molecular formula is C9H10F3NO2S2. The Kier molecular flexibility index (Phi) is 4.31. The average Bonchev–Trinajstić information content (AvgIpc) is 2.19. The van der Waals surface area contributed by atoms with Gasteiger partial charge in [0.05, 0.1) is 5.75 Å². The summed E-state index contributed by atoms with van der Waals surface area (Å²) in [4.78, 5) is 0.0111. The van der Waals surface area contributed by atoms with Crippen molar-refractivity contribution in [3.05, 3.63) is 24.3 Å². The van der Waals surface area contributed by atoms with Crippen molar-refractivity contribution < 1.29 is 21.6 Å².